The zero-order valence-corrected chi connectivity index (χ0v) is 18.7. The summed E-state index contributed by atoms with van der Waals surface area (Å²) in [5.41, 5.74) is 1.04. The van der Waals surface area contributed by atoms with Gasteiger partial charge in [-0.25, -0.2) is 4.98 Å². The summed E-state index contributed by atoms with van der Waals surface area (Å²) in [6, 6.07) is 3.69. The summed E-state index contributed by atoms with van der Waals surface area (Å²) in [6.45, 7) is 8.74. The van der Waals surface area contributed by atoms with E-state index >= 15 is 0 Å². The molecule has 30 heavy (non-hydrogen) atoms. The summed E-state index contributed by atoms with van der Waals surface area (Å²) < 4.78 is 0. The predicted molar refractivity (Wildman–Crippen MR) is 118 cm³/mol. The van der Waals surface area contributed by atoms with Crippen LogP contribution >= 0.6 is 0 Å². The highest BCUT2D eigenvalue weighted by Crippen LogP contribution is 2.20. The van der Waals surface area contributed by atoms with Crippen LogP contribution < -0.4 is 5.32 Å². The van der Waals surface area contributed by atoms with Gasteiger partial charge in [-0.3, -0.25) is 14.4 Å². The quantitative estimate of drug-likeness (QED) is 0.634. The summed E-state index contributed by atoms with van der Waals surface area (Å²) >= 11 is 0. The summed E-state index contributed by atoms with van der Waals surface area (Å²) in [5.74, 6) is 0.390. The van der Waals surface area contributed by atoms with E-state index in [1.807, 2.05) is 17.9 Å². The smallest absolute Gasteiger partial charge is 0.230 e. The van der Waals surface area contributed by atoms with E-state index in [0.717, 1.165) is 44.3 Å². The molecule has 0 saturated carbocycles. The highest BCUT2D eigenvalue weighted by Gasteiger charge is 2.28. The lowest BCUT2D eigenvalue weighted by atomic mass is 9.96. The third-order valence-electron chi connectivity index (χ3n) is 5.43. The van der Waals surface area contributed by atoms with Crippen molar-refractivity contribution in [3.63, 3.8) is 0 Å². The van der Waals surface area contributed by atoms with Crippen LogP contribution in [0.1, 0.15) is 64.4 Å². The molecule has 1 aromatic rings. The van der Waals surface area contributed by atoms with Gasteiger partial charge in [0.15, 0.2) is 0 Å². The zero-order valence-electron chi connectivity index (χ0n) is 18.7. The van der Waals surface area contributed by atoms with Gasteiger partial charge in [0.1, 0.15) is 5.82 Å². The van der Waals surface area contributed by atoms with E-state index in [1.54, 1.807) is 17.2 Å². The molecule has 0 aliphatic carbocycles. The normalized spacial score (nSPS) is 16.2. The SMILES string of the molecule is CCCN(CCC)C(=O)CCCC(=O)N1CCCC(C(=O)Nc2ccc(C)cn2)C1. The number of carbonyl (C=O) groups is 3. The fraction of sp³-hybridized carbons (Fsp3) is 0.652. The zero-order chi connectivity index (χ0) is 21.9. The van der Waals surface area contributed by atoms with Crippen molar-refractivity contribution >= 4 is 23.5 Å². The van der Waals surface area contributed by atoms with Crippen LogP contribution in [0, 0.1) is 12.8 Å². The molecule has 1 aliphatic heterocycles. The van der Waals surface area contributed by atoms with Crippen molar-refractivity contribution in [3.05, 3.63) is 23.9 Å². The van der Waals surface area contributed by atoms with Gasteiger partial charge in [0, 0.05) is 45.2 Å². The number of likely N-dealkylation sites (tertiary alicyclic amines) is 1. The van der Waals surface area contributed by atoms with Crippen molar-refractivity contribution in [1.82, 2.24) is 14.8 Å². The van der Waals surface area contributed by atoms with E-state index in [4.69, 9.17) is 0 Å². The lowest BCUT2D eigenvalue weighted by molar-refractivity contribution is -0.135. The number of pyridine rings is 1. The highest BCUT2D eigenvalue weighted by molar-refractivity contribution is 5.92. The number of aryl methyl sites for hydroxylation is 1. The molecule has 0 aromatic carbocycles. The van der Waals surface area contributed by atoms with Crippen molar-refractivity contribution in [2.75, 3.05) is 31.5 Å². The second-order valence-electron chi connectivity index (χ2n) is 8.12. The number of nitrogens with zero attached hydrogens (tertiary/aromatic N) is 3. The first-order valence-electron chi connectivity index (χ1n) is 11.2. The maximum atomic E-state index is 12.6. The lowest BCUT2D eigenvalue weighted by Crippen LogP contribution is -2.43. The minimum absolute atomic E-state index is 0.0336. The van der Waals surface area contributed by atoms with Crippen LogP contribution in [0.3, 0.4) is 0 Å². The average molecular weight is 417 g/mol. The maximum absolute atomic E-state index is 12.6. The van der Waals surface area contributed by atoms with Crippen LogP contribution in [0.25, 0.3) is 0 Å². The minimum Gasteiger partial charge on any atom is -0.343 e. The molecule has 1 atom stereocenters. The Morgan fingerprint density at radius 3 is 2.53 bits per heavy atom. The van der Waals surface area contributed by atoms with Crippen LogP contribution in [0.15, 0.2) is 18.3 Å². The monoisotopic (exact) mass is 416 g/mol. The molecule has 1 unspecified atom stereocenters. The Bertz CT molecular complexity index is 699. The van der Waals surface area contributed by atoms with Crippen LogP contribution in [0.5, 0.6) is 0 Å². The Morgan fingerprint density at radius 1 is 1.17 bits per heavy atom. The van der Waals surface area contributed by atoms with Crippen molar-refractivity contribution < 1.29 is 14.4 Å². The topological polar surface area (TPSA) is 82.6 Å². The van der Waals surface area contributed by atoms with Crippen LogP contribution in [0.2, 0.25) is 0 Å². The Morgan fingerprint density at radius 2 is 1.90 bits per heavy atom. The standard InChI is InChI=1S/C23H36N4O3/c1-4-13-26(14-5-2)21(28)9-6-10-22(29)27-15-7-8-19(17-27)23(30)25-20-12-11-18(3)16-24-20/h11-12,16,19H,4-10,13-15,17H2,1-3H3,(H,24,25,30). The van der Waals surface area contributed by atoms with Gasteiger partial charge in [0.2, 0.25) is 17.7 Å². The number of rotatable bonds is 10. The van der Waals surface area contributed by atoms with Gasteiger partial charge in [-0.2, -0.15) is 0 Å². The predicted octanol–water partition coefficient (Wildman–Crippen LogP) is 3.39. The lowest BCUT2D eigenvalue weighted by Gasteiger charge is -2.32. The fourth-order valence-electron chi connectivity index (χ4n) is 3.80. The molecular formula is C23H36N4O3. The van der Waals surface area contributed by atoms with Gasteiger partial charge in [-0.05, 0) is 50.7 Å². The van der Waals surface area contributed by atoms with Gasteiger partial charge < -0.3 is 15.1 Å². The molecule has 1 saturated heterocycles. The first-order chi connectivity index (χ1) is 14.4. The van der Waals surface area contributed by atoms with E-state index < -0.39 is 0 Å². The number of amides is 3. The molecule has 2 rings (SSSR count). The third kappa shape index (κ3) is 7.43. The molecule has 1 fully saturated rings. The number of piperidine rings is 1. The summed E-state index contributed by atoms with van der Waals surface area (Å²) in [6.07, 6.45) is 6.50. The van der Waals surface area contributed by atoms with Crippen molar-refractivity contribution in [2.24, 2.45) is 5.92 Å². The van der Waals surface area contributed by atoms with Crippen LogP contribution in [-0.4, -0.2) is 58.7 Å². The van der Waals surface area contributed by atoms with E-state index in [-0.39, 0.29) is 23.6 Å². The molecule has 1 aliphatic rings. The van der Waals surface area contributed by atoms with E-state index in [1.165, 1.54) is 0 Å². The summed E-state index contributed by atoms with van der Waals surface area (Å²) in [4.78, 5) is 45.4. The molecule has 0 bridgehead atoms. The summed E-state index contributed by atoms with van der Waals surface area (Å²) in [5, 5.41) is 2.85. The fourth-order valence-corrected chi connectivity index (χ4v) is 3.80. The Labute approximate surface area is 180 Å². The number of hydrogen-bond acceptors (Lipinski definition) is 4. The van der Waals surface area contributed by atoms with Gasteiger partial charge in [-0.1, -0.05) is 19.9 Å². The number of hydrogen-bond donors (Lipinski definition) is 1. The van der Waals surface area contributed by atoms with Crippen LogP contribution in [-0.2, 0) is 14.4 Å². The van der Waals surface area contributed by atoms with Gasteiger partial charge >= 0.3 is 0 Å². The molecular weight excluding hydrogens is 380 g/mol. The molecule has 1 aromatic heterocycles. The molecule has 3 amide bonds. The van der Waals surface area contributed by atoms with Gasteiger partial charge in [0.25, 0.3) is 0 Å². The van der Waals surface area contributed by atoms with Crippen molar-refractivity contribution in [3.8, 4) is 0 Å². The molecule has 7 heteroatoms. The summed E-state index contributed by atoms with van der Waals surface area (Å²) in [7, 11) is 0. The Kier molecular flexibility index (Phi) is 9.77. The van der Waals surface area contributed by atoms with E-state index in [2.05, 4.69) is 24.1 Å². The molecule has 2 heterocycles. The number of aromatic nitrogens is 1. The molecule has 0 spiro atoms. The Balaban J connectivity index is 1.78. The van der Waals surface area contributed by atoms with Gasteiger partial charge in [-0.15, -0.1) is 0 Å². The first-order valence-corrected chi connectivity index (χ1v) is 11.2. The largest absolute Gasteiger partial charge is 0.343 e. The van der Waals surface area contributed by atoms with Crippen LogP contribution in [0.4, 0.5) is 5.82 Å². The average Bonchev–Trinajstić information content (AvgIpc) is 2.75. The molecule has 7 nitrogen and oxygen atoms in total. The Hall–Kier alpha value is -2.44. The first kappa shape index (κ1) is 23.8. The number of carbonyl (C=O) groups excluding carboxylic acids is 3. The second kappa shape index (κ2) is 12.3. The highest BCUT2D eigenvalue weighted by atomic mass is 16.2. The van der Waals surface area contributed by atoms with Crippen molar-refractivity contribution in [2.45, 2.75) is 65.7 Å². The molecule has 1 N–H and O–H groups in total. The van der Waals surface area contributed by atoms with E-state index in [9.17, 15) is 14.4 Å². The van der Waals surface area contributed by atoms with E-state index in [0.29, 0.717) is 38.2 Å². The second-order valence-corrected chi connectivity index (χ2v) is 8.12. The molecule has 166 valence electrons. The van der Waals surface area contributed by atoms with Crippen molar-refractivity contribution in [1.29, 1.82) is 0 Å². The molecule has 0 radical (unpaired) electrons. The minimum atomic E-state index is -0.225. The number of anilines is 1. The maximum Gasteiger partial charge on any atom is 0.230 e. The van der Waals surface area contributed by atoms with Gasteiger partial charge in [0.05, 0.1) is 5.92 Å². The third-order valence-corrected chi connectivity index (χ3v) is 5.43. The number of nitrogens with one attached hydrogen (secondary N) is 1.